The average Bonchev–Trinajstić information content (AvgIpc) is 2.57. The molecule has 4 nitrogen and oxygen atoms in total. The van der Waals surface area contributed by atoms with Gasteiger partial charge in [0.15, 0.2) is 0 Å². The SMILES string of the molecule is CC(CN)Cc1ccc2[nH]c(=O)[nH]c2c1. The van der Waals surface area contributed by atoms with Crippen LogP contribution >= 0.6 is 0 Å². The molecule has 0 saturated heterocycles. The van der Waals surface area contributed by atoms with Crippen molar-refractivity contribution in [2.45, 2.75) is 13.3 Å². The first-order valence-electron chi connectivity index (χ1n) is 5.10. The minimum absolute atomic E-state index is 0.158. The van der Waals surface area contributed by atoms with Gasteiger partial charge in [-0.2, -0.15) is 0 Å². The lowest BCUT2D eigenvalue weighted by Gasteiger charge is -2.07. The van der Waals surface area contributed by atoms with Crippen LogP contribution < -0.4 is 11.4 Å². The zero-order valence-corrected chi connectivity index (χ0v) is 8.71. The Bertz CT molecular complexity index is 512. The summed E-state index contributed by atoms with van der Waals surface area (Å²) in [5.74, 6) is 0.466. The fourth-order valence-electron chi connectivity index (χ4n) is 1.69. The van der Waals surface area contributed by atoms with Gasteiger partial charge in [-0.1, -0.05) is 13.0 Å². The molecule has 15 heavy (non-hydrogen) atoms. The fraction of sp³-hybridized carbons (Fsp3) is 0.364. The topological polar surface area (TPSA) is 74.7 Å². The van der Waals surface area contributed by atoms with Gasteiger partial charge in [-0.3, -0.25) is 0 Å². The molecule has 0 fully saturated rings. The van der Waals surface area contributed by atoms with E-state index in [0.29, 0.717) is 12.5 Å². The van der Waals surface area contributed by atoms with Gasteiger partial charge in [0.1, 0.15) is 0 Å². The van der Waals surface area contributed by atoms with E-state index in [2.05, 4.69) is 16.9 Å². The summed E-state index contributed by atoms with van der Waals surface area (Å²) in [5.41, 5.74) is 8.33. The Kier molecular flexibility index (Phi) is 2.60. The number of nitrogens with two attached hydrogens (primary N) is 1. The number of hydrogen-bond donors (Lipinski definition) is 3. The van der Waals surface area contributed by atoms with Crippen molar-refractivity contribution in [3.05, 3.63) is 34.2 Å². The number of aromatic amines is 2. The predicted molar refractivity (Wildman–Crippen MR) is 60.8 cm³/mol. The molecule has 1 aromatic heterocycles. The minimum Gasteiger partial charge on any atom is -0.330 e. The van der Waals surface area contributed by atoms with Gasteiger partial charge in [-0.05, 0) is 36.6 Å². The smallest absolute Gasteiger partial charge is 0.323 e. The number of fused-ring (bicyclic) bond motifs is 1. The highest BCUT2D eigenvalue weighted by Gasteiger charge is 2.03. The summed E-state index contributed by atoms with van der Waals surface area (Å²) in [5, 5.41) is 0. The van der Waals surface area contributed by atoms with Crippen molar-refractivity contribution >= 4 is 11.0 Å². The fourth-order valence-corrected chi connectivity index (χ4v) is 1.69. The zero-order valence-electron chi connectivity index (χ0n) is 8.71. The summed E-state index contributed by atoms with van der Waals surface area (Å²) in [6.45, 7) is 2.80. The summed E-state index contributed by atoms with van der Waals surface area (Å²) in [4.78, 5) is 16.5. The van der Waals surface area contributed by atoms with Crippen molar-refractivity contribution in [3.8, 4) is 0 Å². The summed E-state index contributed by atoms with van der Waals surface area (Å²) in [7, 11) is 0. The van der Waals surface area contributed by atoms with Crippen molar-refractivity contribution in [3.63, 3.8) is 0 Å². The summed E-state index contributed by atoms with van der Waals surface area (Å²) in [6, 6.07) is 5.95. The normalized spacial score (nSPS) is 13.2. The molecule has 0 amide bonds. The van der Waals surface area contributed by atoms with Crippen molar-refractivity contribution in [1.29, 1.82) is 0 Å². The van der Waals surface area contributed by atoms with Crippen molar-refractivity contribution in [1.82, 2.24) is 9.97 Å². The molecule has 0 bridgehead atoms. The molecule has 0 aliphatic heterocycles. The monoisotopic (exact) mass is 205 g/mol. The second kappa shape index (κ2) is 3.90. The summed E-state index contributed by atoms with van der Waals surface area (Å²) < 4.78 is 0. The zero-order chi connectivity index (χ0) is 10.8. The Morgan fingerprint density at radius 3 is 2.80 bits per heavy atom. The van der Waals surface area contributed by atoms with Gasteiger partial charge < -0.3 is 15.7 Å². The first-order chi connectivity index (χ1) is 7.19. The van der Waals surface area contributed by atoms with Crippen LogP contribution in [0.1, 0.15) is 12.5 Å². The van der Waals surface area contributed by atoms with E-state index in [9.17, 15) is 4.79 Å². The molecule has 0 saturated carbocycles. The van der Waals surface area contributed by atoms with E-state index in [1.54, 1.807) is 0 Å². The van der Waals surface area contributed by atoms with Crippen LogP contribution in [0.3, 0.4) is 0 Å². The van der Waals surface area contributed by atoms with Gasteiger partial charge in [-0.25, -0.2) is 4.79 Å². The molecule has 0 radical (unpaired) electrons. The van der Waals surface area contributed by atoms with Crippen LogP contribution in [-0.4, -0.2) is 16.5 Å². The van der Waals surface area contributed by atoms with Gasteiger partial charge >= 0.3 is 5.69 Å². The number of hydrogen-bond acceptors (Lipinski definition) is 2. The summed E-state index contributed by atoms with van der Waals surface area (Å²) >= 11 is 0. The van der Waals surface area contributed by atoms with Crippen molar-refractivity contribution in [2.24, 2.45) is 11.7 Å². The largest absolute Gasteiger partial charge is 0.330 e. The lowest BCUT2D eigenvalue weighted by atomic mass is 10.0. The molecule has 1 heterocycles. The maximum absolute atomic E-state index is 11.0. The highest BCUT2D eigenvalue weighted by molar-refractivity contribution is 5.74. The van der Waals surface area contributed by atoms with Gasteiger partial charge in [0.25, 0.3) is 0 Å². The predicted octanol–water partition coefficient (Wildman–Crippen LogP) is 0.993. The Hall–Kier alpha value is -1.55. The van der Waals surface area contributed by atoms with Crippen LogP contribution in [0.4, 0.5) is 0 Å². The quantitative estimate of drug-likeness (QED) is 0.699. The van der Waals surface area contributed by atoms with E-state index in [4.69, 9.17) is 5.73 Å². The van der Waals surface area contributed by atoms with Crippen LogP contribution in [0.15, 0.2) is 23.0 Å². The highest BCUT2D eigenvalue weighted by Crippen LogP contribution is 2.13. The number of aromatic nitrogens is 2. The number of imidazole rings is 1. The Balaban J connectivity index is 2.34. The molecule has 1 aromatic carbocycles. The standard InChI is InChI=1S/C11H15N3O/c1-7(6-12)4-8-2-3-9-10(5-8)14-11(15)13-9/h2-3,5,7H,4,6,12H2,1H3,(H2,13,14,15). The minimum atomic E-state index is -0.158. The molecule has 2 rings (SSSR count). The first kappa shape index (κ1) is 9.98. The van der Waals surface area contributed by atoms with E-state index in [0.717, 1.165) is 17.5 Å². The molecular weight excluding hydrogens is 190 g/mol. The van der Waals surface area contributed by atoms with E-state index < -0.39 is 0 Å². The maximum Gasteiger partial charge on any atom is 0.323 e. The van der Waals surface area contributed by atoms with Crippen molar-refractivity contribution < 1.29 is 0 Å². The van der Waals surface area contributed by atoms with Gasteiger partial charge in [0.05, 0.1) is 11.0 Å². The summed E-state index contributed by atoms with van der Waals surface area (Å²) in [6.07, 6.45) is 0.944. The van der Waals surface area contributed by atoms with E-state index in [-0.39, 0.29) is 5.69 Å². The Labute approximate surface area is 87.5 Å². The average molecular weight is 205 g/mol. The molecule has 0 aliphatic carbocycles. The molecular formula is C11H15N3O. The molecule has 0 aliphatic rings. The Morgan fingerprint density at radius 2 is 2.07 bits per heavy atom. The van der Waals surface area contributed by atoms with Crippen LogP contribution in [0.25, 0.3) is 11.0 Å². The third kappa shape index (κ3) is 2.10. The van der Waals surface area contributed by atoms with Crippen LogP contribution in [0.5, 0.6) is 0 Å². The number of rotatable bonds is 3. The third-order valence-corrected chi connectivity index (χ3v) is 2.57. The molecule has 1 unspecified atom stereocenters. The van der Waals surface area contributed by atoms with Crippen LogP contribution in [0, 0.1) is 5.92 Å². The van der Waals surface area contributed by atoms with Crippen LogP contribution in [0.2, 0.25) is 0 Å². The first-order valence-corrected chi connectivity index (χ1v) is 5.10. The third-order valence-electron chi connectivity index (χ3n) is 2.57. The van der Waals surface area contributed by atoms with E-state index in [1.165, 1.54) is 5.56 Å². The lowest BCUT2D eigenvalue weighted by Crippen LogP contribution is -2.12. The highest BCUT2D eigenvalue weighted by atomic mass is 16.1. The second-order valence-electron chi connectivity index (χ2n) is 4.00. The molecule has 4 heteroatoms. The van der Waals surface area contributed by atoms with E-state index >= 15 is 0 Å². The molecule has 0 spiro atoms. The molecule has 4 N–H and O–H groups in total. The number of H-pyrrole nitrogens is 2. The van der Waals surface area contributed by atoms with E-state index in [1.807, 2.05) is 18.2 Å². The molecule has 2 aromatic rings. The lowest BCUT2D eigenvalue weighted by molar-refractivity contribution is 0.593. The second-order valence-corrected chi connectivity index (χ2v) is 4.00. The molecule has 80 valence electrons. The van der Waals surface area contributed by atoms with Crippen LogP contribution in [-0.2, 0) is 6.42 Å². The van der Waals surface area contributed by atoms with Gasteiger partial charge in [0, 0.05) is 0 Å². The maximum atomic E-state index is 11.0. The Morgan fingerprint density at radius 1 is 1.33 bits per heavy atom. The number of nitrogens with one attached hydrogen (secondary N) is 2. The number of benzene rings is 1. The van der Waals surface area contributed by atoms with Crippen molar-refractivity contribution in [2.75, 3.05) is 6.54 Å². The molecule has 1 atom stereocenters. The van der Waals surface area contributed by atoms with Gasteiger partial charge in [0.2, 0.25) is 0 Å². The van der Waals surface area contributed by atoms with Gasteiger partial charge in [-0.15, -0.1) is 0 Å².